The van der Waals surface area contributed by atoms with Gasteiger partial charge in [0.05, 0.1) is 33.9 Å². The molecule has 0 N–H and O–H groups in total. The summed E-state index contributed by atoms with van der Waals surface area (Å²) in [5.41, 5.74) is 3.68. The van der Waals surface area contributed by atoms with Crippen LogP contribution in [0.15, 0.2) is 141 Å². The van der Waals surface area contributed by atoms with Crippen LogP contribution in [0.2, 0.25) is 0 Å². The summed E-state index contributed by atoms with van der Waals surface area (Å²) in [6, 6.07) is 39.0. The van der Waals surface area contributed by atoms with Crippen molar-refractivity contribution in [1.82, 2.24) is 15.0 Å². The summed E-state index contributed by atoms with van der Waals surface area (Å²) in [4.78, 5) is 53.9. The molecule has 0 atom stereocenters. The number of halogens is 3. The molecular formula is C42H21Br3IrN3O6. The first kappa shape index (κ1) is 39.5. The number of hydrogen-bond acceptors (Lipinski definition) is 9. The first-order valence-electron chi connectivity index (χ1n) is 15.9. The van der Waals surface area contributed by atoms with E-state index in [1.54, 1.807) is 55.0 Å². The molecule has 55 heavy (non-hydrogen) atoms. The van der Waals surface area contributed by atoms with E-state index < -0.39 is 17.9 Å². The first-order chi connectivity index (χ1) is 26.2. The van der Waals surface area contributed by atoms with Crippen LogP contribution in [0.25, 0.3) is 33.8 Å². The van der Waals surface area contributed by atoms with Gasteiger partial charge in [-0.15, -0.1) is 71.3 Å². The van der Waals surface area contributed by atoms with Gasteiger partial charge in [0.25, 0.3) is 0 Å². The molecule has 0 saturated carbocycles. The average molecular weight is 1100 g/mol. The average Bonchev–Trinajstić information content (AvgIpc) is 3.20. The van der Waals surface area contributed by atoms with Crippen LogP contribution in [-0.2, 0) is 20.1 Å². The Bertz CT molecular complexity index is 2240. The maximum absolute atomic E-state index is 13.6. The molecule has 0 bridgehead atoms. The van der Waals surface area contributed by atoms with Gasteiger partial charge in [-0.2, -0.15) is 0 Å². The molecule has 7 rings (SSSR count). The van der Waals surface area contributed by atoms with Crippen molar-refractivity contribution in [3.05, 3.63) is 176 Å². The predicted octanol–water partition coefficient (Wildman–Crippen LogP) is 10.2. The molecule has 0 spiro atoms. The van der Waals surface area contributed by atoms with E-state index in [1.807, 2.05) is 36.4 Å². The molecule has 3 aromatic heterocycles. The number of pyridine rings is 3. The van der Waals surface area contributed by atoms with Gasteiger partial charge < -0.3 is 29.2 Å². The van der Waals surface area contributed by atoms with E-state index in [4.69, 9.17) is 14.2 Å². The number of hydrogen-bond donors (Lipinski definition) is 0. The molecule has 7 aromatic rings. The zero-order chi connectivity index (χ0) is 37.6. The van der Waals surface area contributed by atoms with E-state index in [-0.39, 0.29) is 54.0 Å². The maximum Gasteiger partial charge on any atom is 3.00 e. The van der Waals surface area contributed by atoms with Crippen molar-refractivity contribution in [3.8, 4) is 51.0 Å². The fraction of sp³-hybridized carbons (Fsp3) is 0. The Morgan fingerprint density at radius 3 is 0.982 bits per heavy atom. The van der Waals surface area contributed by atoms with Crippen LogP contribution in [0.3, 0.4) is 0 Å². The Hall–Kier alpha value is -5.17. The number of benzene rings is 4. The van der Waals surface area contributed by atoms with E-state index in [0.29, 0.717) is 47.2 Å². The molecule has 3 heterocycles. The Labute approximate surface area is 353 Å². The molecule has 0 aliphatic carbocycles. The van der Waals surface area contributed by atoms with E-state index in [0.717, 1.165) is 0 Å². The monoisotopic (exact) mass is 1090 g/mol. The largest absolute Gasteiger partial charge is 3.00 e. The quantitative estimate of drug-likeness (QED) is 0.0791. The maximum atomic E-state index is 13.6. The minimum absolute atomic E-state index is 0. The van der Waals surface area contributed by atoms with Crippen molar-refractivity contribution in [1.29, 1.82) is 0 Å². The van der Waals surface area contributed by atoms with Crippen molar-refractivity contribution in [3.63, 3.8) is 0 Å². The summed E-state index contributed by atoms with van der Waals surface area (Å²) in [5, 5.41) is 0. The molecule has 4 aromatic carbocycles. The SMILES string of the molecule is O=C(Oc1c[c-]c(-c2ccccn2)cc1Br)c1cc(C(=O)Oc2c[c-]c(-c3ccccn3)cc2Br)cc(C(=O)Oc2c[c-]c(-c3ccccn3)cc2Br)c1.[Ir+3]. The van der Waals surface area contributed by atoms with Crippen molar-refractivity contribution in [2.45, 2.75) is 0 Å². The zero-order valence-electron chi connectivity index (χ0n) is 27.9. The van der Waals surface area contributed by atoms with E-state index in [9.17, 15) is 14.4 Å². The third-order valence-corrected chi connectivity index (χ3v) is 9.53. The number of aromatic nitrogens is 3. The summed E-state index contributed by atoms with van der Waals surface area (Å²) in [5.74, 6) is -2.13. The number of carbonyl (C=O) groups excluding carboxylic acids is 3. The van der Waals surface area contributed by atoms with Gasteiger partial charge >= 0.3 is 38.0 Å². The topological polar surface area (TPSA) is 118 Å². The second-order valence-corrected chi connectivity index (χ2v) is 13.9. The summed E-state index contributed by atoms with van der Waals surface area (Å²) in [6.45, 7) is 0. The van der Waals surface area contributed by atoms with Gasteiger partial charge in [-0.25, -0.2) is 14.4 Å². The van der Waals surface area contributed by atoms with Crippen molar-refractivity contribution >= 4 is 65.7 Å². The Balaban J connectivity index is 0.00000514. The van der Waals surface area contributed by atoms with Crippen molar-refractivity contribution in [2.24, 2.45) is 0 Å². The van der Waals surface area contributed by atoms with Crippen LogP contribution in [0, 0.1) is 18.2 Å². The van der Waals surface area contributed by atoms with Crippen LogP contribution in [0.5, 0.6) is 17.2 Å². The Kier molecular flexibility index (Phi) is 12.9. The van der Waals surface area contributed by atoms with Gasteiger partial charge in [-0.3, -0.25) is 0 Å². The molecule has 0 unspecified atom stereocenters. The van der Waals surface area contributed by atoms with Gasteiger partial charge in [0, 0.05) is 18.6 Å². The second-order valence-electron chi connectivity index (χ2n) is 11.3. The zero-order valence-corrected chi connectivity index (χ0v) is 35.0. The van der Waals surface area contributed by atoms with Gasteiger partial charge in [0.1, 0.15) is 0 Å². The molecule has 0 fully saturated rings. The molecule has 270 valence electrons. The summed E-state index contributed by atoms with van der Waals surface area (Å²) in [7, 11) is 0. The number of ether oxygens (including phenoxy) is 3. The van der Waals surface area contributed by atoms with E-state index in [2.05, 4.69) is 80.9 Å². The van der Waals surface area contributed by atoms with E-state index in [1.165, 1.54) is 36.4 Å². The number of rotatable bonds is 9. The van der Waals surface area contributed by atoms with Gasteiger partial charge in [-0.1, -0.05) is 84.2 Å². The summed E-state index contributed by atoms with van der Waals surface area (Å²) in [6.07, 6.45) is 4.98. The van der Waals surface area contributed by atoms with Gasteiger partial charge in [0.2, 0.25) is 0 Å². The Morgan fingerprint density at radius 1 is 0.455 bits per heavy atom. The first-order valence-corrected chi connectivity index (χ1v) is 18.3. The minimum atomic E-state index is -0.859. The fourth-order valence-corrected chi connectivity index (χ4v) is 6.33. The fourth-order valence-electron chi connectivity index (χ4n) is 5.06. The van der Waals surface area contributed by atoms with Crippen LogP contribution >= 0.6 is 47.8 Å². The van der Waals surface area contributed by atoms with Crippen LogP contribution in [0.4, 0.5) is 0 Å². The second kappa shape index (κ2) is 18.0. The molecule has 13 heteroatoms. The normalized spacial score (nSPS) is 10.5. The van der Waals surface area contributed by atoms with Crippen LogP contribution < -0.4 is 14.2 Å². The van der Waals surface area contributed by atoms with Gasteiger partial charge in [-0.05, 0) is 66.9 Å². The van der Waals surface area contributed by atoms with Crippen molar-refractivity contribution in [2.75, 3.05) is 0 Å². The molecule has 0 aliphatic heterocycles. The summed E-state index contributed by atoms with van der Waals surface area (Å²) < 4.78 is 18.5. The third kappa shape index (κ3) is 9.56. The van der Waals surface area contributed by atoms with E-state index >= 15 is 0 Å². The standard InChI is InChI=1S/C42H21Br3N3O6.Ir/c43-31-22-25(34-7-1-4-16-46-34)10-13-37(31)52-40(49)28-19-29(41(50)53-38-14-11-26(23-32(38)44)35-8-2-5-17-47-35)21-30(20-28)42(51)54-39-15-12-27(24-33(39)45)36-9-3-6-18-48-36;/h1-9,13-24H;/q-3;+3. The number of esters is 3. The number of nitrogens with zero attached hydrogens (tertiary/aromatic N) is 3. The summed E-state index contributed by atoms with van der Waals surface area (Å²) >= 11 is 10.4. The van der Waals surface area contributed by atoms with Crippen LogP contribution in [-0.4, -0.2) is 32.9 Å². The Morgan fingerprint density at radius 2 is 0.745 bits per heavy atom. The predicted molar refractivity (Wildman–Crippen MR) is 210 cm³/mol. The third-order valence-electron chi connectivity index (χ3n) is 7.67. The minimum Gasteiger partial charge on any atom is -0.470 e. The van der Waals surface area contributed by atoms with Gasteiger partial charge in [0.15, 0.2) is 0 Å². The van der Waals surface area contributed by atoms with Crippen LogP contribution in [0.1, 0.15) is 31.1 Å². The molecule has 9 nitrogen and oxygen atoms in total. The molecular weight excluding hydrogens is 1070 g/mol. The van der Waals surface area contributed by atoms with Crippen molar-refractivity contribution < 1.29 is 48.7 Å². The molecule has 0 amide bonds. The smallest absolute Gasteiger partial charge is 0.470 e. The molecule has 0 aliphatic rings. The molecule has 0 saturated heterocycles. The number of carbonyl (C=O) groups is 3. The molecule has 0 radical (unpaired) electrons.